The molecule has 0 radical (unpaired) electrons. The molecule has 1 aromatic heterocycles. The number of hydrogen-bond donors (Lipinski definition) is 1. The Labute approximate surface area is 210 Å². The molecule has 0 saturated carbocycles. The summed E-state index contributed by atoms with van der Waals surface area (Å²) in [7, 11) is 1.59. The molecule has 1 N–H and O–H groups in total. The van der Waals surface area contributed by atoms with E-state index in [-0.39, 0.29) is 23.6 Å². The summed E-state index contributed by atoms with van der Waals surface area (Å²) < 4.78 is 5.25. The molecule has 1 saturated heterocycles. The molecule has 34 heavy (non-hydrogen) atoms. The molecular weight excluding hydrogens is 474 g/mol. The van der Waals surface area contributed by atoms with Crippen LogP contribution < -0.4 is 15.0 Å². The highest BCUT2D eigenvalue weighted by Crippen LogP contribution is 2.25. The second-order valence-corrected chi connectivity index (χ2v) is 9.53. The van der Waals surface area contributed by atoms with Crippen molar-refractivity contribution in [3.63, 3.8) is 0 Å². The summed E-state index contributed by atoms with van der Waals surface area (Å²) in [6.07, 6.45) is 3.20. The Kier molecular flexibility index (Phi) is 9.83. The molecule has 10 heteroatoms. The molecule has 1 fully saturated rings. The smallest absolute Gasteiger partial charge is 0.254 e. The zero-order valence-electron chi connectivity index (χ0n) is 19.9. The number of carbonyl (C=O) groups excluding carboxylic acids is 2. The molecule has 1 atom stereocenters. The van der Waals surface area contributed by atoms with Crippen molar-refractivity contribution in [1.82, 2.24) is 20.2 Å². The van der Waals surface area contributed by atoms with Crippen LogP contribution in [0.4, 0.5) is 5.82 Å². The summed E-state index contributed by atoms with van der Waals surface area (Å²) in [5.74, 6) is 1.54. The van der Waals surface area contributed by atoms with Crippen molar-refractivity contribution in [3.05, 3.63) is 41.0 Å². The fourth-order valence-electron chi connectivity index (χ4n) is 3.79. The molecular formula is C24H32ClN5O3S. The van der Waals surface area contributed by atoms with Crippen LogP contribution >= 0.6 is 23.4 Å². The minimum absolute atomic E-state index is 0.0204. The number of hydrogen-bond acceptors (Lipinski definition) is 7. The maximum absolute atomic E-state index is 13.1. The highest BCUT2D eigenvalue weighted by Gasteiger charge is 2.29. The van der Waals surface area contributed by atoms with Gasteiger partial charge in [0.25, 0.3) is 5.91 Å². The van der Waals surface area contributed by atoms with Crippen molar-refractivity contribution in [2.24, 2.45) is 0 Å². The average molecular weight is 506 g/mol. The number of nitrogens with zero attached hydrogens (tertiary/aromatic N) is 4. The average Bonchev–Trinajstić information content (AvgIpc) is 2.84. The molecule has 8 nitrogen and oxygen atoms in total. The molecule has 2 aromatic rings. The lowest BCUT2D eigenvalue weighted by molar-refractivity contribution is -0.118. The lowest BCUT2D eigenvalue weighted by atomic mass is 10.1. The third-order valence-corrected chi connectivity index (χ3v) is 6.67. The molecule has 2 amide bonds. The number of nitrogens with one attached hydrogen (secondary N) is 1. The van der Waals surface area contributed by atoms with Gasteiger partial charge in [-0.3, -0.25) is 9.59 Å². The van der Waals surface area contributed by atoms with Crippen molar-refractivity contribution in [1.29, 1.82) is 0 Å². The van der Waals surface area contributed by atoms with Gasteiger partial charge in [0, 0.05) is 43.9 Å². The number of piperazine rings is 1. The Hall–Kier alpha value is -2.52. The van der Waals surface area contributed by atoms with E-state index in [1.54, 1.807) is 25.3 Å². The van der Waals surface area contributed by atoms with Crippen molar-refractivity contribution < 1.29 is 14.3 Å². The van der Waals surface area contributed by atoms with E-state index in [1.807, 2.05) is 24.0 Å². The fraction of sp³-hybridized carbons (Fsp3) is 0.500. The number of unbranched alkanes of at least 4 members (excludes halogenated alkanes) is 2. The van der Waals surface area contributed by atoms with Crippen molar-refractivity contribution in [2.75, 3.05) is 43.9 Å². The summed E-state index contributed by atoms with van der Waals surface area (Å²) in [4.78, 5) is 38.0. The van der Waals surface area contributed by atoms with Gasteiger partial charge in [-0.05, 0) is 31.5 Å². The van der Waals surface area contributed by atoms with E-state index in [0.29, 0.717) is 53.6 Å². The van der Waals surface area contributed by atoms with Crippen LogP contribution in [0.15, 0.2) is 35.5 Å². The molecule has 1 unspecified atom stereocenters. The van der Waals surface area contributed by atoms with Crippen LogP contribution in [-0.2, 0) is 4.79 Å². The van der Waals surface area contributed by atoms with Crippen LogP contribution in [0.3, 0.4) is 0 Å². The predicted octanol–water partition coefficient (Wildman–Crippen LogP) is 3.89. The van der Waals surface area contributed by atoms with E-state index in [0.717, 1.165) is 19.3 Å². The number of halogens is 1. The molecule has 1 aliphatic rings. The predicted molar refractivity (Wildman–Crippen MR) is 136 cm³/mol. The number of anilines is 1. The number of carbonyl (C=O) groups is 2. The monoisotopic (exact) mass is 505 g/mol. The van der Waals surface area contributed by atoms with Crippen molar-refractivity contribution in [3.8, 4) is 5.75 Å². The largest absolute Gasteiger partial charge is 0.497 e. The summed E-state index contributed by atoms with van der Waals surface area (Å²) >= 11 is 7.53. The number of benzene rings is 1. The van der Waals surface area contributed by atoms with E-state index < -0.39 is 0 Å². The first-order valence-corrected chi connectivity index (χ1v) is 12.9. The van der Waals surface area contributed by atoms with E-state index in [9.17, 15) is 9.59 Å². The maximum Gasteiger partial charge on any atom is 0.254 e. The topological polar surface area (TPSA) is 87.7 Å². The Morgan fingerprint density at radius 2 is 2.06 bits per heavy atom. The molecule has 1 aromatic carbocycles. The van der Waals surface area contributed by atoms with Crippen LogP contribution in [0.1, 0.15) is 43.5 Å². The second-order valence-electron chi connectivity index (χ2n) is 8.20. The van der Waals surface area contributed by atoms with Crippen molar-refractivity contribution in [2.45, 2.75) is 44.3 Å². The van der Waals surface area contributed by atoms with Crippen LogP contribution in [0.5, 0.6) is 5.75 Å². The van der Waals surface area contributed by atoms with Gasteiger partial charge < -0.3 is 19.9 Å². The number of aromatic nitrogens is 2. The van der Waals surface area contributed by atoms with Gasteiger partial charge in [-0.25, -0.2) is 9.97 Å². The standard InChI is InChI=1S/C24H32ClN5O3S/c1-4-5-6-10-26-22(31)16-34-24-27-20(25)14-21(28-24)29-11-12-30(17(2)15-29)23(32)18-8-7-9-19(13-18)33-3/h7-9,13-14,17H,4-6,10-12,15-16H2,1-3H3,(H,26,31). The first kappa shape index (κ1) is 26.1. The number of rotatable bonds is 10. The van der Waals surface area contributed by atoms with Gasteiger partial charge in [-0.2, -0.15) is 0 Å². The second kappa shape index (κ2) is 12.8. The summed E-state index contributed by atoms with van der Waals surface area (Å²) in [5, 5.41) is 3.72. The van der Waals surface area contributed by atoms with E-state index >= 15 is 0 Å². The highest BCUT2D eigenvalue weighted by molar-refractivity contribution is 7.99. The minimum atomic E-state index is -0.0375. The van der Waals surface area contributed by atoms with Gasteiger partial charge in [0.2, 0.25) is 5.91 Å². The van der Waals surface area contributed by atoms with Gasteiger partial charge in [-0.1, -0.05) is 49.2 Å². The van der Waals surface area contributed by atoms with Gasteiger partial charge in [-0.15, -0.1) is 0 Å². The molecule has 0 bridgehead atoms. The summed E-state index contributed by atoms with van der Waals surface area (Å²) in [5.41, 5.74) is 0.608. The quantitative estimate of drug-likeness (QED) is 0.227. The summed E-state index contributed by atoms with van der Waals surface area (Å²) in [6.45, 7) is 6.63. The third-order valence-electron chi connectivity index (χ3n) is 5.62. The minimum Gasteiger partial charge on any atom is -0.497 e. The Morgan fingerprint density at radius 3 is 2.79 bits per heavy atom. The lowest BCUT2D eigenvalue weighted by Gasteiger charge is -2.40. The molecule has 0 spiro atoms. The van der Waals surface area contributed by atoms with Crippen LogP contribution in [0, 0.1) is 0 Å². The number of ether oxygens (including phenoxy) is 1. The van der Waals surface area contributed by atoms with Gasteiger partial charge in [0.05, 0.1) is 12.9 Å². The molecule has 2 heterocycles. The van der Waals surface area contributed by atoms with Gasteiger partial charge in [0.1, 0.15) is 16.7 Å². The van der Waals surface area contributed by atoms with Crippen LogP contribution in [0.2, 0.25) is 5.15 Å². The number of methoxy groups -OCH3 is 1. The Bertz CT molecular complexity index is 993. The van der Waals surface area contributed by atoms with E-state index in [1.165, 1.54) is 11.8 Å². The van der Waals surface area contributed by atoms with E-state index in [2.05, 4.69) is 27.1 Å². The lowest BCUT2D eigenvalue weighted by Crippen LogP contribution is -2.54. The molecule has 3 rings (SSSR count). The molecule has 0 aliphatic carbocycles. The summed E-state index contributed by atoms with van der Waals surface area (Å²) in [6, 6.07) is 8.91. The van der Waals surface area contributed by atoms with Gasteiger partial charge >= 0.3 is 0 Å². The SMILES string of the molecule is CCCCCNC(=O)CSc1nc(Cl)cc(N2CCN(C(=O)c3cccc(OC)c3)C(C)C2)n1. The zero-order chi connectivity index (χ0) is 24.5. The number of thioether (sulfide) groups is 1. The maximum atomic E-state index is 13.1. The van der Waals surface area contributed by atoms with Gasteiger partial charge in [0.15, 0.2) is 5.16 Å². The first-order valence-electron chi connectivity index (χ1n) is 11.5. The molecule has 1 aliphatic heterocycles. The molecule has 184 valence electrons. The first-order chi connectivity index (χ1) is 16.4. The Balaban J connectivity index is 1.59. The van der Waals surface area contributed by atoms with Crippen molar-refractivity contribution >= 4 is 41.0 Å². The number of amides is 2. The van der Waals surface area contributed by atoms with Crippen LogP contribution in [0.25, 0.3) is 0 Å². The van der Waals surface area contributed by atoms with Crippen LogP contribution in [-0.4, -0.2) is 71.8 Å². The Morgan fingerprint density at radius 1 is 1.24 bits per heavy atom. The normalized spacial score (nSPS) is 15.8. The van der Waals surface area contributed by atoms with E-state index in [4.69, 9.17) is 16.3 Å². The highest BCUT2D eigenvalue weighted by atomic mass is 35.5. The zero-order valence-corrected chi connectivity index (χ0v) is 21.5. The third kappa shape index (κ3) is 7.24. The fourth-order valence-corrected chi connectivity index (χ4v) is 4.70.